The second kappa shape index (κ2) is 10.2. The smallest absolute Gasteiger partial charge is 0.227 e. The summed E-state index contributed by atoms with van der Waals surface area (Å²) in [5.41, 5.74) is 2.06. The van der Waals surface area contributed by atoms with Gasteiger partial charge in [-0.15, -0.1) is 0 Å². The van der Waals surface area contributed by atoms with Crippen LogP contribution in [-0.2, 0) is 17.8 Å². The summed E-state index contributed by atoms with van der Waals surface area (Å²) in [5, 5.41) is 3.60. The zero-order valence-electron chi connectivity index (χ0n) is 17.4. The van der Waals surface area contributed by atoms with E-state index in [4.69, 9.17) is 14.2 Å². The minimum Gasteiger partial charge on any atom is -0.497 e. The summed E-state index contributed by atoms with van der Waals surface area (Å²) in [4.78, 5) is 14.6. The maximum absolute atomic E-state index is 12.7. The molecule has 0 radical (unpaired) electrons. The van der Waals surface area contributed by atoms with Crippen LogP contribution < -0.4 is 19.5 Å². The number of carbonyl (C=O) groups is 1. The molecule has 6 nitrogen and oxygen atoms in total. The standard InChI is InChI=1S/C23H30N2O4/c1-27-20-12-17(13-21(15-20)28-2)16-24-19-8-10-25(11-9-19)23(26)14-18-6-4-5-7-22(18)29-3/h4-7,12-13,15,19,24H,8-11,14,16H2,1-3H3. The van der Waals surface area contributed by atoms with E-state index in [2.05, 4.69) is 5.32 Å². The van der Waals surface area contributed by atoms with Gasteiger partial charge in [0.1, 0.15) is 17.2 Å². The Hall–Kier alpha value is -2.73. The summed E-state index contributed by atoms with van der Waals surface area (Å²) in [6.07, 6.45) is 2.27. The van der Waals surface area contributed by atoms with Crippen LogP contribution in [0.3, 0.4) is 0 Å². The van der Waals surface area contributed by atoms with Crippen LogP contribution in [0.5, 0.6) is 17.2 Å². The molecule has 0 bridgehead atoms. The van der Waals surface area contributed by atoms with Crippen molar-refractivity contribution in [2.75, 3.05) is 34.4 Å². The van der Waals surface area contributed by atoms with Crippen molar-refractivity contribution in [3.8, 4) is 17.2 Å². The van der Waals surface area contributed by atoms with Crippen molar-refractivity contribution in [3.05, 3.63) is 53.6 Å². The number of para-hydroxylation sites is 1. The van der Waals surface area contributed by atoms with E-state index in [1.807, 2.05) is 47.4 Å². The van der Waals surface area contributed by atoms with Crippen LogP contribution in [0.1, 0.15) is 24.0 Å². The molecule has 0 saturated carbocycles. The van der Waals surface area contributed by atoms with Crippen LogP contribution in [0.15, 0.2) is 42.5 Å². The van der Waals surface area contributed by atoms with Crippen molar-refractivity contribution < 1.29 is 19.0 Å². The third kappa shape index (κ3) is 5.64. The summed E-state index contributed by atoms with van der Waals surface area (Å²) in [7, 11) is 4.95. The Balaban J connectivity index is 1.48. The van der Waals surface area contributed by atoms with Crippen molar-refractivity contribution in [2.24, 2.45) is 0 Å². The fourth-order valence-electron chi connectivity index (χ4n) is 3.69. The van der Waals surface area contributed by atoms with Gasteiger partial charge in [0.15, 0.2) is 0 Å². The first-order valence-electron chi connectivity index (χ1n) is 9.98. The summed E-state index contributed by atoms with van der Waals surface area (Å²) < 4.78 is 16.0. The Labute approximate surface area is 172 Å². The van der Waals surface area contributed by atoms with Gasteiger partial charge in [-0.1, -0.05) is 18.2 Å². The van der Waals surface area contributed by atoms with Gasteiger partial charge >= 0.3 is 0 Å². The number of rotatable bonds is 8. The molecule has 0 aliphatic carbocycles. The average molecular weight is 399 g/mol. The summed E-state index contributed by atoms with van der Waals surface area (Å²) >= 11 is 0. The van der Waals surface area contributed by atoms with E-state index in [1.165, 1.54) is 0 Å². The molecular formula is C23H30N2O4. The first kappa shape index (κ1) is 21.0. The normalized spacial score (nSPS) is 14.5. The largest absolute Gasteiger partial charge is 0.497 e. The van der Waals surface area contributed by atoms with Crippen molar-refractivity contribution in [1.82, 2.24) is 10.2 Å². The molecule has 2 aromatic carbocycles. The number of hydrogen-bond acceptors (Lipinski definition) is 5. The maximum atomic E-state index is 12.7. The molecule has 1 heterocycles. The van der Waals surface area contributed by atoms with Gasteiger partial charge in [0, 0.05) is 37.3 Å². The zero-order valence-corrected chi connectivity index (χ0v) is 17.4. The third-order valence-electron chi connectivity index (χ3n) is 5.39. The Morgan fingerprint density at radius 3 is 2.28 bits per heavy atom. The number of nitrogens with zero attached hydrogens (tertiary/aromatic N) is 1. The van der Waals surface area contributed by atoms with Crippen LogP contribution in [0.25, 0.3) is 0 Å². The number of amides is 1. The van der Waals surface area contributed by atoms with Gasteiger partial charge in [-0.3, -0.25) is 4.79 Å². The zero-order chi connectivity index (χ0) is 20.6. The minimum absolute atomic E-state index is 0.158. The molecule has 156 valence electrons. The molecule has 1 aliphatic heterocycles. The highest BCUT2D eigenvalue weighted by Crippen LogP contribution is 2.23. The van der Waals surface area contributed by atoms with Gasteiger partial charge < -0.3 is 24.4 Å². The van der Waals surface area contributed by atoms with E-state index < -0.39 is 0 Å². The van der Waals surface area contributed by atoms with E-state index in [0.29, 0.717) is 12.5 Å². The van der Waals surface area contributed by atoms with E-state index in [0.717, 1.165) is 60.9 Å². The van der Waals surface area contributed by atoms with E-state index in [-0.39, 0.29) is 5.91 Å². The Bertz CT molecular complexity index is 794. The second-order valence-corrected chi connectivity index (χ2v) is 7.25. The van der Waals surface area contributed by atoms with Crippen LogP contribution in [0.2, 0.25) is 0 Å². The Kier molecular flexibility index (Phi) is 7.36. The lowest BCUT2D eigenvalue weighted by atomic mass is 10.0. The number of likely N-dealkylation sites (tertiary alicyclic amines) is 1. The number of methoxy groups -OCH3 is 3. The van der Waals surface area contributed by atoms with Crippen molar-refractivity contribution in [1.29, 1.82) is 0 Å². The molecular weight excluding hydrogens is 368 g/mol. The average Bonchev–Trinajstić information content (AvgIpc) is 2.78. The quantitative estimate of drug-likeness (QED) is 0.741. The van der Waals surface area contributed by atoms with Gasteiger partial charge in [-0.05, 0) is 36.6 Å². The van der Waals surface area contributed by atoms with Gasteiger partial charge in [-0.25, -0.2) is 0 Å². The second-order valence-electron chi connectivity index (χ2n) is 7.25. The number of hydrogen-bond donors (Lipinski definition) is 1. The van der Waals surface area contributed by atoms with Crippen LogP contribution >= 0.6 is 0 Å². The SMILES string of the molecule is COc1cc(CNC2CCN(C(=O)Cc3ccccc3OC)CC2)cc(OC)c1. The lowest BCUT2D eigenvalue weighted by Crippen LogP contribution is -2.45. The highest BCUT2D eigenvalue weighted by molar-refractivity contribution is 5.79. The maximum Gasteiger partial charge on any atom is 0.227 e. The van der Waals surface area contributed by atoms with Crippen molar-refractivity contribution in [2.45, 2.75) is 31.8 Å². The van der Waals surface area contributed by atoms with Gasteiger partial charge in [0.2, 0.25) is 5.91 Å². The highest BCUT2D eigenvalue weighted by Gasteiger charge is 2.23. The molecule has 1 saturated heterocycles. The van der Waals surface area contributed by atoms with Gasteiger partial charge in [0.05, 0.1) is 27.8 Å². The van der Waals surface area contributed by atoms with Crippen molar-refractivity contribution in [3.63, 3.8) is 0 Å². The van der Waals surface area contributed by atoms with Crippen molar-refractivity contribution >= 4 is 5.91 Å². The van der Waals surface area contributed by atoms with Crippen LogP contribution in [-0.4, -0.2) is 51.3 Å². The highest BCUT2D eigenvalue weighted by atomic mass is 16.5. The number of benzene rings is 2. The number of nitrogens with one attached hydrogen (secondary N) is 1. The molecule has 0 aromatic heterocycles. The van der Waals surface area contributed by atoms with E-state index in [1.54, 1.807) is 21.3 Å². The summed E-state index contributed by atoms with van der Waals surface area (Å²) in [6, 6.07) is 14.0. The van der Waals surface area contributed by atoms with Gasteiger partial charge in [-0.2, -0.15) is 0 Å². The molecule has 2 aromatic rings. The summed E-state index contributed by atoms with van der Waals surface area (Å²) in [6.45, 7) is 2.29. The number of carbonyl (C=O) groups excluding carboxylic acids is 1. The van der Waals surface area contributed by atoms with Gasteiger partial charge in [0.25, 0.3) is 0 Å². The van der Waals surface area contributed by atoms with E-state index in [9.17, 15) is 4.79 Å². The topological polar surface area (TPSA) is 60.0 Å². The number of ether oxygens (including phenoxy) is 3. The monoisotopic (exact) mass is 398 g/mol. The van der Waals surface area contributed by atoms with Crippen LogP contribution in [0.4, 0.5) is 0 Å². The molecule has 3 rings (SSSR count). The molecule has 1 aliphatic rings. The fraction of sp³-hybridized carbons (Fsp3) is 0.435. The molecule has 0 atom stereocenters. The molecule has 6 heteroatoms. The lowest BCUT2D eigenvalue weighted by Gasteiger charge is -2.32. The first-order chi connectivity index (χ1) is 14.1. The molecule has 1 N–H and O–H groups in total. The molecule has 1 amide bonds. The predicted molar refractivity (Wildman–Crippen MR) is 113 cm³/mol. The lowest BCUT2D eigenvalue weighted by molar-refractivity contribution is -0.131. The Morgan fingerprint density at radius 1 is 1.00 bits per heavy atom. The molecule has 1 fully saturated rings. The van der Waals surface area contributed by atoms with Crippen LogP contribution in [0, 0.1) is 0 Å². The molecule has 0 unspecified atom stereocenters. The summed E-state index contributed by atoms with van der Waals surface area (Å²) in [5.74, 6) is 2.51. The predicted octanol–water partition coefficient (Wildman–Crippen LogP) is 3.04. The first-order valence-corrected chi connectivity index (χ1v) is 9.98. The minimum atomic E-state index is 0.158. The van der Waals surface area contributed by atoms with E-state index >= 15 is 0 Å². The third-order valence-corrected chi connectivity index (χ3v) is 5.39. The fourth-order valence-corrected chi connectivity index (χ4v) is 3.69. The number of piperidine rings is 1. The molecule has 29 heavy (non-hydrogen) atoms. The Morgan fingerprint density at radius 2 is 1.66 bits per heavy atom. The molecule has 0 spiro atoms.